The van der Waals surface area contributed by atoms with Crippen molar-refractivity contribution in [3.63, 3.8) is 0 Å². The molecule has 3 aliphatic rings. The lowest BCUT2D eigenvalue weighted by Crippen LogP contribution is -2.26. The number of hydrogen-bond acceptors (Lipinski definition) is 3. The highest BCUT2D eigenvalue weighted by Crippen LogP contribution is 2.36. The number of rotatable bonds is 3. The lowest BCUT2D eigenvalue weighted by atomic mass is 10.1. The zero-order valence-corrected chi connectivity index (χ0v) is 14.3. The lowest BCUT2D eigenvalue weighted by molar-refractivity contribution is -0.126. The summed E-state index contributed by atoms with van der Waals surface area (Å²) in [7, 11) is 0. The van der Waals surface area contributed by atoms with Crippen molar-refractivity contribution in [1.29, 1.82) is 0 Å². The average molecular weight is 346 g/mol. The highest BCUT2D eigenvalue weighted by Gasteiger charge is 2.26. The van der Waals surface area contributed by atoms with Gasteiger partial charge in [-0.15, -0.1) is 0 Å². The van der Waals surface area contributed by atoms with Crippen LogP contribution in [0.15, 0.2) is 48.8 Å². The summed E-state index contributed by atoms with van der Waals surface area (Å²) in [6, 6.07) is 11.6. The van der Waals surface area contributed by atoms with Crippen LogP contribution in [-0.4, -0.2) is 26.9 Å². The second-order valence-electron chi connectivity index (χ2n) is 6.28. The van der Waals surface area contributed by atoms with Gasteiger partial charge in [0.05, 0.1) is 18.4 Å². The fraction of sp³-hybridized carbons (Fsp3) is 0.150. The van der Waals surface area contributed by atoms with Crippen LogP contribution >= 0.6 is 0 Å². The van der Waals surface area contributed by atoms with Gasteiger partial charge >= 0.3 is 0 Å². The van der Waals surface area contributed by atoms with Crippen LogP contribution in [0.1, 0.15) is 34.1 Å². The summed E-state index contributed by atoms with van der Waals surface area (Å²) in [6.07, 6.45) is 5.24. The third-order valence-corrected chi connectivity index (χ3v) is 4.57. The predicted molar refractivity (Wildman–Crippen MR) is 98.1 cm³/mol. The molecule has 1 aliphatic carbocycles. The summed E-state index contributed by atoms with van der Waals surface area (Å²) >= 11 is 0. The molecule has 2 amide bonds. The number of carbonyl (C=O) groups excluding carboxylic acids is 2. The van der Waals surface area contributed by atoms with Crippen molar-refractivity contribution < 1.29 is 9.59 Å². The average Bonchev–Trinajstić information content (AvgIpc) is 2.90. The molecule has 0 fully saturated rings. The largest absolute Gasteiger partial charge is 0.348 e. The number of carbonyl (C=O) groups is 2. The van der Waals surface area contributed by atoms with E-state index in [-0.39, 0.29) is 11.8 Å². The highest BCUT2D eigenvalue weighted by molar-refractivity contribution is 6.01. The number of aromatic nitrogens is 2. The van der Waals surface area contributed by atoms with Crippen LogP contribution in [0.4, 0.5) is 0 Å². The number of H-pyrrole nitrogens is 1. The second-order valence-corrected chi connectivity index (χ2v) is 6.28. The molecule has 0 saturated carbocycles. The first kappa shape index (κ1) is 16.1. The van der Waals surface area contributed by atoms with E-state index in [4.69, 9.17) is 0 Å². The highest BCUT2D eigenvalue weighted by atomic mass is 16.2. The van der Waals surface area contributed by atoms with E-state index in [9.17, 15) is 9.59 Å². The van der Waals surface area contributed by atoms with Gasteiger partial charge in [-0.05, 0) is 23.3 Å². The fourth-order valence-electron chi connectivity index (χ4n) is 3.24. The summed E-state index contributed by atoms with van der Waals surface area (Å²) in [5.74, 6) is -0.233. The zero-order chi connectivity index (χ0) is 18.1. The van der Waals surface area contributed by atoms with Crippen LogP contribution in [0.5, 0.6) is 0 Å². The fourth-order valence-corrected chi connectivity index (χ4v) is 3.24. The molecule has 2 aliphatic heterocycles. The van der Waals surface area contributed by atoms with Gasteiger partial charge in [0.2, 0.25) is 5.91 Å². The molecule has 6 nitrogen and oxygen atoms in total. The number of hydrogen-bond donors (Lipinski definition) is 2. The number of nitrogens with one attached hydrogen (secondary N) is 2. The van der Waals surface area contributed by atoms with Crippen LogP contribution in [-0.2, 0) is 17.9 Å². The molecular formula is C20H18N4O2. The molecule has 0 bridgehead atoms. The molecule has 130 valence electrons. The second kappa shape index (κ2) is 6.48. The molecule has 0 saturated heterocycles. The quantitative estimate of drug-likeness (QED) is 0.765. The van der Waals surface area contributed by atoms with Crippen molar-refractivity contribution in [2.24, 2.45) is 0 Å². The van der Waals surface area contributed by atoms with Gasteiger partial charge in [-0.25, -0.2) is 0 Å². The van der Waals surface area contributed by atoms with Gasteiger partial charge < -0.3 is 10.2 Å². The monoisotopic (exact) mass is 346 g/mol. The summed E-state index contributed by atoms with van der Waals surface area (Å²) in [5.41, 5.74) is 5.06. The molecule has 2 heterocycles. The standard InChI is InChI=1S/C20H18N4O2/c1-13(25)24-8-7-18-19-15(11-22-23-18)9-16(17(19)12-24)20(26)21-10-14-5-3-2-4-6-14/h2-9,11,23H,10,12H2,1H3,(H,21,26). The molecule has 0 atom stereocenters. The minimum absolute atomic E-state index is 0.0768. The first-order chi connectivity index (χ1) is 12.6. The number of benzene rings is 1. The Balaban J connectivity index is 1.69. The topological polar surface area (TPSA) is 78.1 Å². The molecule has 6 heteroatoms. The molecule has 1 aromatic rings. The minimum atomic E-state index is -0.156. The molecule has 0 aromatic heterocycles. The molecule has 4 rings (SSSR count). The van der Waals surface area contributed by atoms with E-state index < -0.39 is 0 Å². The number of amides is 2. The van der Waals surface area contributed by atoms with Gasteiger partial charge in [0.1, 0.15) is 0 Å². The summed E-state index contributed by atoms with van der Waals surface area (Å²) < 4.78 is 0. The first-order valence-electron chi connectivity index (χ1n) is 8.40. The predicted octanol–water partition coefficient (Wildman–Crippen LogP) is 2.78. The van der Waals surface area contributed by atoms with Gasteiger partial charge in [0.15, 0.2) is 0 Å². The first-order valence-corrected chi connectivity index (χ1v) is 8.40. The Kier molecular flexibility index (Phi) is 4.01. The Morgan fingerprint density at radius 2 is 2.08 bits per heavy atom. The maximum Gasteiger partial charge on any atom is 0.251 e. The van der Waals surface area contributed by atoms with Crippen LogP contribution in [0, 0.1) is 0 Å². The van der Waals surface area contributed by atoms with Crippen molar-refractivity contribution in [3.05, 3.63) is 71.2 Å². The van der Waals surface area contributed by atoms with Crippen molar-refractivity contribution in [3.8, 4) is 11.1 Å². The van der Waals surface area contributed by atoms with Gasteiger partial charge in [-0.2, -0.15) is 5.10 Å². The third kappa shape index (κ3) is 2.86. The van der Waals surface area contributed by atoms with E-state index in [0.29, 0.717) is 18.7 Å². The summed E-state index contributed by atoms with van der Waals surface area (Å²) in [5, 5.41) is 10.0. The van der Waals surface area contributed by atoms with Gasteiger partial charge in [0, 0.05) is 36.4 Å². The molecule has 1 aromatic carbocycles. The molecular weight excluding hydrogens is 328 g/mol. The zero-order valence-electron chi connectivity index (χ0n) is 14.3. The van der Waals surface area contributed by atoms with Gasteiger partial charge in [-0.3, -0.25) is 14.7 Å². The Labute approximate surface area is 150 Å². The lowest BCUT2D eigenvalue weighted by Gasteiger charge is -2.16. The van der Waals surface area contributed by atoms with E-state index in [1.165, 1.54) is 6.92 Å². The molecule has 0 radical (unpaired) electrons. The van der Waals surface area contributed by atoms with E-state index >= 15 is 0 Å². The summed E-state index contributed by atoms with van der Waals surface area (Å²) in [4.78, 5) is 26.3. The van der Waals surface area contributed by atoms with E-state index in [1.807, 2.05) is 42.5 Å². The number of nitrogens with zero attached hydrogens (tertiary/aromatic N) is 2. The SMILES string of the molecule is CC(=O)N1C=Cc2[nH]ncc3cc(C(=O)NCc4ccccc4)c(c2-3)C1. The van der Waals surface area contributed by atoms with Gasteiger partial charge in [0.25, 0.3) is 5.91 Å². The molecule has 0 spiro atoms. The van der Waals surface area contributed by atoms with Crippen molar-refractivity contribution in [1.82, 2.24) is 20.4 Å². The van der Waals surface area contributed by atoms with Crippen LogP contribution in [0.25, 0.3) is 17.2 Å². The minimum Gasteiger partial charge on any atom is -0.348 e. The van der Waals surface area contributed by atoms with Crippen molar-refractivity contribution in [2.45, 2.75) is 20.0 Å². The van der Waals surface area contributed by atoms with Gasteiger partial charge in [-0.1, -0.05) is 30.3 Å². The summed E-state index contributed by atoms with van der Waals surface area (Å²) in [6.45, 7) is 2.32. The third-order valence-electron chi connectivity index (χ3n) is 4.57. The smallest absolute Gasteiger partial charge is 0.251 e. The van der Waals surface area contributed by atoms with E-state index in [1.54, 1.807) is 17.3 Å². The Morgan fingerprint density at radius 1 is 1.27 bits per heavy atom. The molecule has 0 unspecified atom stereocenters. The van der Waals surface area contributed by atoms with Crippen LogP contribution in [0.3, 0.4) is 0 Å². The van der Waals surface area contributed by atoms with Crippen molar-refractivity contribution >= 4 is 17.9 Å². The normalized spacial score (nSPS) is 12.9. The Bertz CT molecular complexity index is 975. The van der Waals surface area contributed by atoms with E-state index in [0.717, 1.165) is 27.9 Å². The van der Waals surface area contributed by atoms with Crippen molar-refractivity contribution in [2.75, 3.05) is 0 Å². The van der Waals surface area contributed by atoms with Crippen LogP contribution in [0.2, 0.25) is 0 Å². The van der Waals surface area contributed by atoms with Crippen LogP contribution < -0.4 is 5.32 Å². The van der Waals surface area contributed by atoms with E-state index in [2.05, 4.69) is 15.5 Å². The number of aromatic amines is 1. The molecule has 26 heavy (non-hydrogen) atoms. The molecule has 2 N–H and O–H groups in total. The maximum absolute atomic E-state index is 12.8. The Morgan fingerprint density at radius 3 is 2.85 bits per heavy atom. The maximum atomic E-state index is 12.8. The Hall–Kier alpha value is -3.41.